The van der Waals surface area contributed by atoms with Gasteiger partial charge in [-0.3, -0.25) is 0 Å². The molecule has 2 aromatic rings. The molecule has 0 spiro atoms. The van der Waals surface area contributed by atoms with Crippen molar-refractivity contribution >= 4 is 23.4 Å². The van der Waals surface area contributed by atoms with Crippen molar-refractivity contribution in [2.75, 3.05) is 6.61 Å². The summed E-state index contributed by atoms with van der Waals surface area (Å²) in [4.78, 5) is 9.09. The van der Waals surface area contributed by atoms with Gasteiger partial charge in [-0.05, 0) is 23.8 Å². The Bertz CT molecular complexity index is 675. The lowest BCUT2D eigenvalue weighted by Crippen LogP contribution is -1.97. The second-order valence-electron chi connectivity index (χ2n) is 4.68. The fourth-order valence-electron chi connectivity index (χ4n) is 2.47. The van der Waals surface area contributed by atoms with Gasteiger partial charge in [0, 0.05) is 29.1 Å². The molecule has 0 atom stereocenters. The highest BCUT2D eigenvalue weighted by atomic mass is 35.5. The van der Waals surface area contributed by atoms with Crippen LogP contribution in [0.15, 0.2) is 18.2 Å². The van der Waals surface area contributed by atoms with E-state index in [1.807, 2.05) is 23.9 Å². The van der Waals surface area contributed by atoms with Crippen molar-refractivity contribution < 1.29 is 4.74 Å². The highest BCUT2D eigenvalue weighted by Gasteiger charge is 2.20. The lowest BCUT2D eigenvalue weighted by atomic mass is 10.1. The molecule has 4 rings (SSSR count). The largest absolute Gasteiger partial charge is 0.493 e. The zero-order chi connectivity index (χ0) is 12.8. The first-order valence-electron chi connectivity index (χ1n) is 6.20. The Hall–Kier alpha value is -1.26. The second-order valence-corrected chi connectivity index (χ2v) is 6.02. The number of fused-ring (bicyclic) bond motifs is 2. The van der Waals surface area contributed by atoms with Crippen molar-refractivity contribution in [1.29, 1.82) is 0 Å². The number of thioether (sulfide) groups is 1. The third kappa shape index (κ3) is 1.90. The molecule has 0 aliphatic carbocycles. The van der Waals surface area contributed by atoms with Crippen LogP contribution in [0.1, 0.15) is 16.8 Å². The summed E-state index contributed by atoms with van der Waals surface area (Å²) in [7, 11) is 0. The summed E-state index contributed by atoms with van der Waals surface area (Å²) in [5.41, 5.74) is 4.43. The van der Waals surface area contributed by atoms with E-state index >= 15 is 0 Å². The molecule has 5 heteroatoms. The standard InChI is InChI=1S/C14H11ClN2OS/c15-13-10-6-19-7-11(10)16-14(17-13)9-1-2-12-8(5-9)3-4-18-12/h1-2,5H,3-4,6-7H2. The minimum absolute atomic E-state index is 0.599. The van der Waals surface area contributed by atoms with Gasteiger partial charge < -0.3 is 4.74 Å². The Labute approximate surface area is 120 Å². The van der Waals surface area contributed by atoms with Crippen LogP contribution >= 0.6 is 23.4 Å². The molecule has 0 fully saturated rings. The molecular weight excluding hydrogens is 280 g/mol. The van der Waals surface area contributed by atoms with Crippen LogP contribution < -0.4 is 4.74 Å². The van der Waals surface area contributed by atoms with E-state index in [2.05, 4.69) is 16.0 Å². The van der Waals surface area contributed by atoms with E-state index < -0.39 is 0 Å². The van der Waals surface area contributed by atoms with Gasteiger partial charge in [-0.25, -0.2) is 9.97 Å². The van der Waals surface area contributed by atoms with E-state index in [9.17, 15) is 0 Å². The van der Waals surface area contributed by atoms with Gasteiger partial charge in [0.15, 0.2) is 5.82 Å². The normalized spacial score (nSPS) is 16.1. The molecular formula is C14H11ClN2OS. The molecule has 0 N–H and O–H groups in total. The van der Waals surface area contributed by atoms with Gasteiger partial charge in [-0.2, -0.15) is 11.8 Å². The number of halogens is 1. The molecule has 19 heavy (non-hydrogen) atoms. The molecule has 3 nitrogen and oxygen atoms in total. The molecule has 0 saturated carbocycles. The first kappa shape index (κ1) is 11.6. The SMILES string of the molecule is Clc1nc(-c2ccc3c(c2)CCO3)nc2c1CSC2. The van der Waals surface area contributed by atoms with Gasteiger partial charge >= 0.3 is 0 Å². The Balaban J connectivity index is 1.82. The summed E-state index contributed by atoms with van der Waals surface area (Å²) in [6.45, 7) is 0.765. The predicted octanol–water partition coefficient (Wildman–Crippen LogP) is 3.48. The fourth-order valence-corrected chi connectivity index (χ4v) is 3.84. The molecule has 0 saturated heterocycles. The maximum atomic E-state index is 6.25. The Morgan fingerprint density at radius 3 is 3.11 bits per heavy atom. The number of rotatable bonds is 1. The van der Waals surface area contributed by atoms with Crippen molar-refractivity contribution in [3.63, 3.8) is 0 Å². The summed E-state index contributed by atoms with van der Waals surface area (Å²) < 4.78 is 5.52. The Morgan fingerprint density at radius 2 is 2.16 bits per heavy atom. The average molecular weight is 291 g/mol. The number of hydrogen-bond donors (Lipinski definition) is 0. The molecule has 2 aliphatic heterocycles. The van der Waals surface area contributed by atoms with E-state index in [0.29, 0.717) is 5.15 Å². The number of hydrogen-bond acceptors (Lipinski definition) is 4. The molecule has 0 amide bonds. The maximum Gasteiger partial charge on any atom is 0.161 e. The van der Waals surface area contributed by atoms with Crippen LogP contribution in [0.2, 0.25) is 5.15 Å². The number of nitrogens with zero attached hydrogens (tertiary/aromatic N) is 2. The monoisotopic (exact) mass is 290 g/mol. The Morgan fingerprint density at radius 1 is 1.21 bits per heavy atom. The maximum absolute atomic E-state index is 6.25. The third-order valence-electron chi connectivity index (χ3n) is 3.48. The van der Waals surface area contributed by atoms with Crippen LogP contribution in [0.5, 0.6) is 5.75 Å². The lowest BCUT2D eigenvalue weighted by Gasteiger charge is -2.06. The number of aromatic nitrogens is 2. The van der Waals surface area contributed by atoms with E-state index in [0.717, 1.165) is 52.9 Å². The van der Waals surface area contributed by atoms with Gasteiger partial charge in [0.25, 0.3) is 0 Å². The van der Waals surface area contributed by atoms with Crippen molar-refractivity contribution in [2.45, 2.75) is 17.9 Å². The summed E-state index contributed by atoms with van der Waals surface area (Å²) in [6, 6.07) is 6.11. The summed E-state index contributed by atoms with van der Waals surface area (Å²) in [6.07, 6.45) is 0.956. The van der Waals surface area contributed by atoms with E-state index in [4.69, 9.17) is 16.3 Å². The topological polar surface area (TPSA) is 35.0 Å². The zero-order valence-corrected chi connectivity index (χ0v) is 11.7. The van der Waals surface area contributed by atoms with Crippen LogP contribution in [0, 0.1) is 0 Å². The fraction of sp³-hybridized carbons (Fsp3) is 0.286. The molecule has 2 aliphatic rings. The van der Waals surface area contributed by atoms with Crippen molar-refractivity contribution in [1.82, 2.24) is 9.97 Å². The quantitative estimate of drug-likeness (QED) is 0.753. The van der Waals surface area contributed by atoms with Gasteiger partial charge in [0.05, 0.1) is 12.3 Å². The molecule has 0 radical (unpaired) electrons. The van der Waals surface area contributed by atoms with Gasteiger partial charge in [-0.1, -0.05) is 11.6 Å². The third-order valence-corrected chi connectivity index (χ3v) is 4.76. The average Bonchev–Trinajstić information content (AvgIpc) is 3.06. The molecule has 0 unspecified atom stereocenters. The summed E-state index contributed by atoms with van der Waals surface area (Å²) in [5, 5.41) is 0.599. The van der Waals surface area contributed by atoms with Crippen molar-refractivity contribution in [3.05, 3.63) is 40.2 Å². The van der Waals surface area contributed by atoms with E-state index in [1.54, 1.807) is 0 Å². The van der Waals surface area contributed by atoms with Gasteiger partial charge in [0.1, 0.15) is 10.9 Å². The molecule has 1 aromatic heterocycles. The summed E-state index contributed by atoms with van der Waals surface area (Å²) >= 11 is 8.09. The minimum Gasteiger partial charge on any atom is -0.493 e. The highest BCUT2D eigenvalue weighted by Crippen LogP contribution is 2.35. The number of ether oxygens (including phenoxy) is 1. The Kier molecular flexibility index (Phi) is 2.67. The first-order chi connectivity index (χ1) is 9.31. The van der Waals surface area contributed by atoms with Crippen LogP contribution in [0.4, 0.5) is 0 Å². The second kappa shape index (κ2) is 4.39. The molecule has 3 heterocycles. The van der Waals surface area contributed by atoms with Crippen LogP contribution in [0.3, 0.4) is 0 Å². The smallest absolute Gasteiger partial charge is 0.161 e. The van der Waals surface area contributed by atoms with E-state index in [1.165, 1.54) is 5.56 Å². The van der Waals surface area contributed by atoms with E-state index in [-0.39, 0.29) is 0 Å². The highest BCUT2D eigenvalue weighted by molar-refractivity contribution is 7.98. The van der Waals surface area contributed by atoms with Crippen molar-refractivity contribution in [3.8, 4) is 17.1 Å². The molecule has 0 bridgehead atoms. The first-order valence-corrected chi connectivity index (χ1v) is 7.73. The molecule has 96 valence electrons. The van der Waals surface area contributed by atoms with Gasteiger partial charge in [-0.15, -0.1) is 0 Å². The zero-order valence-electron chi connectivity index (χ0n) is 10.1. The van der Waals surface area contributed by atoms with Crippen molar-refractivity contribution in [2.24, 2.45) is 0 Å². The predicted molar refractivity (Wildman–Crippen MR) is 76.7 cm³/mol. The number of benzene rings is 1. The lowest BCUT2D eigenvalue weighted by molar-refractivity contribution is 0.357. The van der Waals surface area contributed by atoms with Gasteiger partial charge in [0.2, 0.25) is 0 Å². The van der Waals surface area contributed by atoms with Crippen LogP contribution in [-0.4, -0.2) is 16.6 Å². The summed E-state index contributed by atoms with van der Waals surface area (Å²) in [5.74, 6) is 3.55. The minimum atomic E-state index is 0.599. The molecule has 1 aromatic carbocycles. The van der Waals surface area contributed by atoms with Crippen LogP contribution in [0.25, 0.3) is 11.4 Å². The van der Waals surface area contributed by atoms with Crippen LogP contribution in [-0.2, 0) is 17.9 Å².